The summed E-state index contributed by atoms with van der Waals surface area (Å²) >= 11 is 5.98. The van der Waals surface area contributed by atoms with Crippen LogP contribution in [0, 0.1) is 0 Å². The first-order valence-electron chi connectivity index (χ1n) is 7.50. The SMILES string of the molecule is CN(C)C(=Nc1ncnc2c1CCCC2)c1ccc(Cl)cc1. The summed E-state index contributed by atoms with van der Waals surface area (Å²) in [5, 5.41) is 0.723. The normalized spacial score (nSPS) is 14.6. The lowest BCUT2D eigenvalue weighted by Crippen LogP contribution is -2.23. The third kappa shape index (κ3) is 3.12. The first kappa shape index (κ1) is 15.0. The molecule has 1 aromatic carbocycles. The van der Waals surface area contributed by atoms with Crippen molar-refractivity contribution in [2.45, 2.75) is 25.7 Å². The summed E-state index contributed by atoms with van der Waals surface area (Å²) in [6.07, 6.45) is 6.04. The van der Waals surface area contributed by atoms with Gasteiger partial charge in [-0.2, -0.15) is 0 Å². The Morgan fingerprint density at radius 1 is 1.09 bits per heavy atom. The van der Waals surface area contributed by atoms with Gasteiger partial charge < -0.3 is 4.90 Å². The lowest BCUT2D eigenvalue weighted by atomic mass is 9.96. The van der Waals surface area contributed by atoms with Crippen molar-refractivity contribution in [1.29, 1.82) is 0 Å². The van der Waals surface area contributed by atoms with Crippen LogP contribution in [-0.4, -0.2) is 34.8 Å². The van der Waals surface area contributed by atoms with Crippen molar-refractivity contribution >= 4 is 23.3 Å². The molecule has 0 fully saturated rings. The van der Waals surface area contributed by atoms with E-state index in [1.807, 2.05) is 43.3 Å². The molecule has 0 saturated carbocycles. The van der Waals surface area contributed by atoms with E-state index in [4.69, 9.17) is 16.6 Å². The van der Waals surface area contributed by atoms with Gasteiger partial charge in [-0.1, -0.05) is 11.6 Å². The number of hydrogen-bond donors (Lipinski definition) is 0. The highest BCUT2D eigenvalue weighted by Crippen LogP contribution is 2.27. The minimum Gasteiger partial charge on any atom is -0.362 e. The third-order valence-corrected chi connectivity index (χ3v) is 4.09. The van der Waals surface area contributed by atoms with Crippen LogP contribution in [0.15, 0.2) is 35.6 Å². The predicted octanol–water partition coefficient (Wildman–Crippen LogP) is 3.65. The summed E-state index contributed by atoms with van der Waals surface area (Å²) < 4.78 is 0. The first-order chi connectivity index (χ1) is 10.6. The van der Waals surface area contributed by atoms with Crippen LogP contribution in [0.5, 0.6) is 0 Å². The molecule has 0 aliphatic heterocycles. The number of nitrogens with zero attached hydrogens (tertiary/aromatic N) is 4. The molecule has 0 spiro atoms. The molecule has 1 heterocycles. The van der Waals surface area contributed by atoms with Gasteiger partial charge in [0, 0.05) is 35.9 Å². The van der Waals surface area contributed by atoms with E-state index in [0.29, 0.717) is 0 Å². The largest absolute Gasteiger partial charge is 0.362 e. The van der Waals surface area contributed by atoms with Gasteiger partial charge in [-0.05, 0) is 49.9 Å². The maximum Gasteiger partial charge on any atom is 0.161 e. The fourth-order valence-corrected chi connectivity index (χ4v) is 2.85. The molecule has 0 unspecified atom stereocenters. The highest BCUT2D eigenvalue weighted by Gasteiger charge is 2.16. The molecular weight excluding hydrogens is 296 g/mol. The van der Waals surface area contributed by atoms with Crippen LogP contribution in [0.2, 0.25) is 5.02 Å². The summed E-state index contributed by atoms with van der Waals surface area (Å²) in [4.78, 5) is 15.6. The number of amidine groups is 1. The summed E-state index contributed by atoms with van der Waals surface area (Å²) in [6, 6.07) is 7.72. The molecule has 4 nitrogen and oxygen atoms in total. The van der Waals surface area contributed by atoms with Crippen LogP contribution < -0.4 is 0 Å². The Labute approximate surface area is 135 Å². The van der Waals surface area contributed by atoms with Gasteiger partial charge in [0.15, 0.2) is 5.82 Å². The molecule has 1 aromatic heterocycles. The van der Waals surface area contributed by atoms with E-state index in [0.717, 1.165) is 40.8 Å². The number of aliphatic imine (C=N–C) groups is 1. The van der Waals surface area contributed by atoms with E-state index in [9.17, 15) is 0 Å². The summed E-state index contributed by atoms with van der Waals surface area (Å²) in [5.41, 5.74) is 3.37. The van der Waals surface area contributed by atoms with Gasteiger partial charge in [0.2, 0.25) is 0 Å². The lowest BCUT2D eigenvalue weighted by molar-refractivity contribution is 0.622. The number of hydrogen-bond acceptors (Lipinski definition) is 3. The monoisotopic (exact) mass is 314 g/mol. The molecule has 3 rings (SSSR count). The van der Waals surface area contributed by atoms with Crippen molar-refractivity contribution in [3.8, 4) is 0 Å². The van der Waals surface area contributed by atoms with Crippen molar-refractivity contribution in [3.05, 3.63) is 52.4 Å². The molecule has 0 N–H and O–H groups in total. The smallest absolute Gasteiger partial charge is 0.161 e. The van der Waals surface area contributed by atoms with Crippen LogP contribution in [0.3, 0.4) is 0 Å². The molecule has 0 radical (unpaired) electrons. The molecule has 0 bridgehead atoms. The van der Waals surface area contributed by atoms with E-state index >= 15 is 0 Å². The number of rotatable bonds is 2. The van der Waals surface area contributed by atoms with E-state index in [1.54, 1.807) is 6.33 Å². The Morgan fingerprint density at radius 2 is 1.82 bits per heavy atom. The maximum absolute atomic E-state index is 5.98. The molecule has 0 saturated heterocycles. The van der Waals surface area contributed by atoms with Crippen LogP contribution in [0.4, 0.5) is 5.82 Å². The van der Waals surface area contributed by atoms with Gasteiger partial charge in [-0.25, -0.2) is 15.0 Å². The Balaban J connectivity index is 2.05. The van der Waals surface area contributed by atoms with Gasteiger partial charge in [0.1, 0.15) is 12.2 Å². The topological polar surface area (TPSA) is 41.4 Å². The number of fused-ring (bicyclic) bond motifs is 1. The maximum atomic E-state index is 5.98. The number of benzene rings is 1. The summed E-state index contributed by atoms with van der Waals surface area (Å²) in [6.45, 7) is 0. The van der Waals surface area contributed by atoms with Gasteiger partial charge in [0.25, 0.3) is 0 Å². The van der Waals surface area contributed by atoms with Crippen molar-refractivity contribution in [1.82, 2.24) is 14.9 Å². The van der Waals surface area contributed by atoms with Crippen LogP contribution >= 0.6 is 11.6 Å². The Hall–Kier alpha value is -1.94. The second-order valence-electron chi connectivity index (χ2n) is 5.67. The van der Waals surface area contributed by atoms with E-state index in [2.05, 4.69) is 9.97 Å². The molecule has 0 atom stereocenters. The molecule has 0 amide bonds. The number of aromatic nitrogens is 2. The van der Waals surface area contributed by atoms with Gasteiger partial charge >= 0.3 is 0 Å². The number of halogens is 1. The van der Waals surface area contributed by atoms with Crippen LogP contribution in [-0.2, 0) is 12.8 Å². The van der Waals surface area contributed by atoms with Gasteiger partial charge in [-0.15, -0.1) is 0 Å². The quantitative estimate of drug-likeness (QED) is 0.627. The van der Waals surface area contributed by atoms with Crippen LogP contribution in [0.25, 0.3) is 0 Å². The second-order valence-corrected chi connectivity index (χ2v) is 6.10. The summed E-state index contributed by atoms with van der Waals surface area (Å²) in [5.74, 6) is 1.67. The molecular formula is C17H19ClN4. The first-order valence-corrected chi connectivity index (χ1v) is 7.87. The molecule has 5 heteroatoms. The standard InChI is InChI=1S/C17H19ClN4/c1-22(2)17(12-7-9-13(18)10-8-12)21-16-14-5-3-4-6-15(14)19-11-20-16/h7-11H,3-6H2,1-2H3. The molecule has 2 aromatic rings. The van der Waals surface area contributed by atoms with Crippen LogP contribution in [0.1, 0.15) is 29.7 Å². The zero-order valence-corrected chi connectivity index (χ0v) is 13.6. The Morgan fingerprint density at radius 3 is 2.55 bits per heavy atom. The zero-order valence-electron chi connectivity index (χ0n) is 12.9. The van der Waals surface area contributed by atoms with Gasteiger partial charge in [-0.3, -0.25) is 0 Å². The van der Waals surface area contributed by atoms with Crippen molar-refractivity contribution < 1.29 is 0 Å². The molecule has 1 aliphatic carbocycles. The van der Waals surface area contributed by atoms with E-state index in [-0.39, 0.29) is 0 Å². The zero-order chi connectivity index (χ0) is 15.5. The van der Waals surface area contributed by atoms with E-state index < -0.39 is 0 Å². The minimum atomic E-state index is 0.723. The highest BCUT2D eigenvalue weighted by atomic mass is 35.5. The fourth-order valence-electron chi connectivity index (χ4n) is 2.72. The van der Waals surface area contributed by atoms with E-state index in [1.165, 1.54) is 18.4 Å². The average molecular weight is 315 g/mol. The second kappa shape index (κ2) is 6.44. The van der Waals surface area contributed by atoms with Crippen molar-refractivity contribution in [2.24, 2.45) is 4.99 Å². The average Bonchev–Trinajstić information content (AvgIpc) is 2.53. The molecule has 22 heavy (non-hydrogen) atoms. The Kier molecular flexibility index (Phi) is 4.39. The minimum absolute atomic E-state index is 0.723. The van der Waals surface area contributed by atoms with Crippen molar-refractivity contribution in [3.63, 3.8) is 0 Å². The van der Waals surface area contributed by atoms with Gasteiger partial charge in [0.05, 0.1) is 0 Å². The third-order valence-electron chi connectivity index (χ3n) is 3.84. The summed E-state index contributed by atoms with van der Waals surface area (Å²) in [7, 11) is 3.97. The predicted molar refractivity (Wildman–Crippen MR) is 90.0 cm³/mol. The molecule has 114 valence electrons. The lowest BCUT2D eigenvalue weighted by Gasteiger charge is -2.19. The molecule has 1 aliphatic rings. The number of aryl methyl sites for hydroxylation is 1. The fraction of sp³-hybridized carbons (Fsp3) is 0.353. The Bertz CT molecular complexity index is 692. The van der Waals surface area contributed by atoms with Crippen molar-refractivity contribution in [2.75, 3.05) is 14.1 Å². The highest BCUT2D eigenvalue weighted by molar-refractivity contribution is 6.30.